The average Bonchev–Trinajstić information content (AvgIpc) is 2.67. The molecule has 0 aromatic carbocycles. The fourth-order valence-corrected chi connectivity index (χ4v) is 1.71. The van der Waals surface area contributed by atoms with Crippen LogP contribution in [0.1, 0.15) is 11.5 Å². The van der Waals surface area contributed by atoms with Gasteiger partial charge in [-0.2, -0.15) is 0 Å². The second-order valence-corrected chi connectivity index (χ2v) is 3.60. The van der Waals surface area contributed by atoms with Gasteiger partial charge in [0.15, 0.2) is 0 Å². The zero-order valence-corrected chi connectivity index (χ0v) is 8.33. The van der Waals surface area contributed by atoms with Gasteiger partial charge in [0, 0.05) is 26.2 Å². The zero-order chi connectivity index (χ0) is 9.80. The summed E-state index contributed by atoms with van der Waals surface area (Å²) in [7, 11) is 0. The van der Waals surface area contributed by atoms with E-state index >= 15 is 0 Å². The van der Waals surface area contributed by atoms with Crippen LogP contribution in [0.25, 0.3) is 0 Å². The van der Waals surface area contributed by atoms with E-state index in [0.717, 1.165) is 44.2 Å². The van der Waals surface area contributed by atoms with E-state index in [2.05, 4.69) is 10.2 Å². The fraction of sp³-hybridized carbons (Fsp3) is 0.600. The Balaban J connectivity index is 1.89. The van der Waals surface area contributed by atoms with Gasteiger partial charge in [0.25, 0.3) is 0 Å². The molecule has 4 heteroatoms. The first-order valence-electron chi connectivity index (χ1n) is 5.09. The van der Waals surface area contributed by atoms with Crippen molar-refractivity contribution in [1.29, 1.82) is 0 Å². The van der Waals surface area contributed by atoms with Crippen LogP contribution in [-0.2, 0) is 13.1 Å². The minimum absolute atomic E-state index is 0.488. The molecule has 1 aliphatic heterocycles. The minimum atomic E-state index is 0.488. The quantitative estimate of drug-likeness (QED) is 0.720. The standard InChI is InChI=1S/C10H17N3O/c11-7-9-1-2-10(14-9)8-13-5-3-12-4-6-13/h1-2,12H,3-8,11H2. The van der Waals surface area contributed by atoms with Crippen LogP contribution in [0.5, 0.6) is 0 Å². The van der Waals surface area contributed by atoms with E-state index in [4.69, 9.17) is 10.2 Å². The van der Waals surface area contributed by atoms with Crippen LogP contribution in [0.3, 0.4) is 0 Å². The molecule has 14 heavy (non-hydrogen) atoms. The Labute approximate surface area is 84.1 Å². The van der Waals surface area contributed by atoms with Gasteiger partial charge in [-0.15, -0.1) is 0 Å². The van der Waals surface area contributed by atoms with E-state index < -0.39 is 0 Å². The van der Waals surface area contributed by atoms with Crippen molar-refractivity contribution in [2.24, 2.45) is 5.73 Å². The van der Waals surface area contributed by atoms with Crippen LogP contribution in [0.2, 0.25) is 0 Å². The van der Waals surface area contributed by atoms with Crippen LogP contribution in [-0.4, -0.2) is 31.1 Å². The third kappa shape index (κ3) is 2.35. The summed E-state index contributed by atoms with van der Waals surface area (Å²) in [6, 6.07) is 3.97. The fourth-order valence-electron chi connectivity index (χ4n) is 1.71. The van der Waals surface area contributed by atoms with E-state index in [9.17, 15) is 0 Å². The number of nitrogens with zero attached hydrogens (tertiary/aromatic N) is 1. The van der Waals surface area contributed by atoms with Crippen LogP contribution < -0.4 is 11.1 Å². The smallest absolute Gasteiger partial charge is 0.118 e. The van der Waals surface area contributed by atoms with Crippen LogP contribution in [0.15, 0.2) is 16.5 Å². The largest absolute Gasteiger partial charge is 0.463 e. The first-order chi connectivity index (χ1) is 6.88. The number of nitrogens with two attached hydrogens (primary N) is 1. The molecule has 2 heterocycles. The summed E-state index contributed by atoms with van der Waals surface area (Å²) in [5, 5.41) is 3.32. The molecular formula is C10H17N3O. The van der Waals surface area contributed by atoms with E-state index in [1.54, 1.807) is 0 Å². The third-order valence-corrected chi connectivity index (χ3v) is 2.51. The molecule has 1 fully saturated rings. The van der Waals surface area contributed by atoms with Crippen LogP contribution in [0.4, 0.5) is 0 Å². The molecule has 0 bridgehead atoms. The molecule has 1 aromatic rings. The Hall–Kier alpha value is -0.840. The van der Waals surface area contributed by atoms with Crippen LogP contribution in [0, 0.1) is 0 Å². The van der Waals surface area contributed by atoms with Gasteiger partial charge >= 0.3 is 0 Å². The normalized spacial score (nSPS) is 18.6. The highest BCUT2D eigenvalue weighted by atomic mass is 16.3. The second-order valence-electron chi connectivity index (χ2n) is 3.60. The molecule has 0 atom stereocenters. The minimum Gasteiger partial charge on any atom is -0.463 e. The van der Waals surface area contributed by atoms with E-state index in [0.29, 0.717) is 6.54 Å². The molecule has 1 saturated heterocycles. The number of hydrogen-bond acceptors (Lipinski definition) is 4. The summed E-state index contributed by atoms with van der Waals surface area (Å²) >= 11 is 0. The molecule has 0 radical (unpaired) electrons. The first-order valence-corrected chi connectivity index (χ1v) is 5.09. The Morgan fingerprint density at radius 3 is 2.64 bits per heavy atom. The maximum absolute atomic E-state index is 5.55. The zero-order valence-electron chi connectivity index (χ0n) is 8.33. The molecule has 0 saturated carbocycles. The van der Waals surface area contributed by atoms with Gasteiger partial charge in [0.05, 0.1) is 13.1 Å². The van der Waals surface area contributed by atoms with Gasteiger partial charge in [-0.05, 0) is 12.1 Å². The Morgan fingerprint density at radius 2 is 2.00 bits per heavy atom. The highest BCUT2D eigenvalue weighted by Gasteiger charge is 2.11. The monoisotopic (exact) mass is 195 g/mol. The summed E-state index contributed by atoms with van der Waals surface area (Å²) in [5.74, 6) is 1.89. The van der Waals surface area contributed by atoms with Crippen LogP contribution >= 0.6 is 0 Å². The number of furan rings is 1. The molecule has 4 nitrogen and oxygen atoms in total. The van der Waals surface area contributed by atoms with Crippen molar-refractivity contribution < 1.29 is 4.42 Å². The summed E-state index contributed by atoms with van der Waals surface area (Å²) < 4.78 is 5.55. The maximum Gasteiger partial charge on any atom is 0.118 e. The summed E-state index contributed by atoms with van der Waals surface area (Å²) in [6.45, 7) is 5.73. The molecule has 1 aliphatic rings. The van der Waals surface area contributed by atoms with Crippen molar-refractivity contribution in [2.45, 2.75) is 13.1 Å². The van der Waals surface area contributed by atoms with Gasteiger partial charge in [0.1, 0.15) is 11.5 Å². The molecule has 78 valence electrons. The van der Waals surface area contributed by atoms with Crippen molar-refractivity contribution >= 4 is 0 Å². The van der Waals surface area contributed by atoms with Gasteiger partial charge in [-0.3, -0.25) is 4.90 Å². The Morgan fingerprint density at radius 1 is 1.29 bits per heavy atom. The van der Waals surface area contributed by atoms with Crippen molar-refractivity contribution in [3.63, 3.8) is 0 Å². The predicted octanol–water partition coefficient (Wildman–Crippen LogP) is 0.144. The molecule has 0 aliphatic carbocycles. The number of nitrogens with one attached hydrogen (secondary N) is 1. The summed E-state index contributed by atoms with van der Waals surface area (Å²) in [4.78, 5) is 2.38. The predicted molar refractivity (Wildman–Crippen MR) is 54.7 cm³/mol. The lowest BCUT2D eigenvalue weighted by Crippen LogP contribution is -2.42. The average molecular weight is 195 g/mol. The lowest BCUT2D eigenvalue weighted by atomic mass is 10.3. The molecule has 0 unspecified atom stereocenters. The maximum atomic E-state index is 5.55. The Bertz CT molecular complexity index is 279. The van der Waals surface area contributed by atoms with Crippen molar-refractivity contribution in [2.75, 3.05) is 26.2 Å². The molecular weight excluding hydrogens is 178 g/mol. The summed E-state index contributed by atoms with van der Waals surface area (Å²) in [6.07, 6.45) is 0. The van der Waals surface area contributed by atoms with Gasteiger partial charge < -0.3 is 15.5 Å². The van der Waals surface area contributed by atoms with Gasteiger partial charge in [0.2, 0.25) is 0 Å². The topological polar surface area (TPSA) is 54.4 Å². The Kier molecular flexibility index (Phi) is 3.18. The number of rotatable bonds is 3. The molecule has 1 aromatic heterocycles. The highest BCUT2D eigenvalue weighted by Crippen LogP contribution is 2.10. The summed E-state index contributed by atoms with van der Waals surface area (Å²) in [5.41, 5.74) is 5.48. The van der Waals surface area contributed by atoms with Gasteiger partial charge in [-0.25, -0.2) is 0 Å². The SMILES string of the molecule is NCc1ccc(CN2CCNCC2)o1. The first kappa shape index (κ1) is 9.71. The van der Waals surface area contributed by atoms with E-state index in [-0.39, 0.29) is 0 Å². The molecule has 0 spiro atoms. The number of hydrogen-bond donors (Lipinski definition) is 2. The van der Waals surface area contributed by atoms with Crippen molar-refractivity contribution in [3.8, 4) is 0 Å². The van der Waals surface area contributed by atoms with E-state index in [1.807, 2.05) is 12.1 Å². The van der Waals surface area contributed by atoms with Gasteiger partial charge in [-0.1, -0.05) is 0 Å². The molecule has 0 amide bonds. The van der Waals surface area contributed by atoms with Crippen molar-refractivity contribution in [1.82, 2.24) is 10.2 Å². The molecule has 2 rings (SSSR count). The second kappa shape index (κ2) is 4.59. The number of piperazine rings is 1. The lowest BCUT2D eigenvalue weighted by Gasteiger charge is -2.26. The third-order valence-electron chi connectivity index (χ3n) is 2.51. The van der Waals surface area contributed by atoms with E-state index in [1.165, 1.54) is 0 Å². The van der Waals surface area contributed by atoms with Crippen molar-refractivity contribution in [3.05, 3.63) is 23.7 Å². The molecule has 3 N–H and O–H groups in total. The highest BCUT2D eigenvalue weighted by molar-refractivity contribution is 5.06. The lowest BCUT2D eigenvalue weighted by molar-refractivity contribution is 0.214.